The van der Waals surface area contributed by atoms with Crippen molar-refractivity contribution in [1.29, 1.82) is 0 Å². The van der Waals surface area contributed by atoms with Gasteiger partial charge in [0.1, 0.15) is 11.1 Å². The molecule has 0 N–H and O–H groups in total. The molecule has 0 spiro atoms. The zero-order chi connectivity index (χ0) is 19.2. The number of anilines is 1. The Kier molecular flexibility index (Phi) is 12.8. The first-order valence-electron chi connectivity index (χ1n) is 9.86. The van der Waals surface area contributed by atoms with Crippen molar-refractivity contribution in [2.24, 2.45) is 0 Å². The number of carbonyl (C=O) groups excluding carboxylic acids is 1. The Balaban J connectivity index is 2.85. The van der Waals surface area contributed by atoms with E-state index in [1.807, 2.05) is 19.1 Å². The van der Waals surface area contributed by atoms with Crippen LogP contribution in [0.1, 0.15) is 59.3 Å². The predicted octanol–water partition coefficient (Wildman–Crippen LogP) is 6.22. The fourth-order valence-corrected chi connectivity index (χ4v) is 4.70. The molecule has 0 aliphatic heterocycles. The van der Waals surface area contributed by atoms with Crippen LogP contribution < -0.4 is 9.64 Å². The maximum Gasteiger partial charge on any atom is 0.221 e. The largest absolute Gasteiger partial charge is 0.497 e. The second-order valence-corrected chi connectivity index (χ2v) is 8.84. The summed E-state index contributed by atoms with van der Waals surface area (Å²) in [6, 6.07) is 8.11. The summed E-state index contributed by atoms with van der Waals surface area (Å²) in [5, 5.41) is 0.148. The second-order valence-electron chi connectivity index (χ2n) is 6.22. The average Bonchev–Trinajstić information content (AvgIpc) is 2.66. The molecule has 0 saturated carbocycles. The Labute approximate surface area is 168 Å². The molecule has 26 heavy (non-hydrogen) atoms. The van der Waals surface area contributed by atoms with Crippen LogP contribution in [0, 0.1) is 0 Å². The number of nitrogens with zero attached hydrogens (tertiary/aromatic N) is 1. The number of rotatable bonds is 14. The van der Waals surface area contributed by atoms with E-state index in [1.165, 1.54) is 43.9 Å². The quantitative estimate of drug-likeness (QED) is 0.274. The lowest BCUT2D eigenvalue weighted by atomic mass is 10.1. The Morgan fingerprint density at radius 3 is 2.23 bits per heavy atom. The van der Waals surface area contributed by atoms with Gasteiger partial charge in [0, 0.05) is 12.2 Å². The molecule has 0 amide bonds. The molecule has 1 atom stereocenters. The van der Waals surface area contributed by atoms with Gasteiger partial charge in [0.25, 0.3) is 0 Å². The molecule has 0 radical (unpaired) electrons. The average molecular weight is 398 g/mol. The molecule has 5 heteroatoms. The lowest BCUT2D eigenvalue weighted by Crippen LogP contribution is -2.39. The van der Waals surface area contributed by atoms with E-state index in [2.05, 4.69) is 30.9 Å². The number of hydrogen-bond acceptors (Lipinski definition) is 5. The van der Waals surface area contributed by atoms with Gasteiger partial charge in [0.2, 0.25) is 5.12 Å². The maximum atomic E-state index is 12.7. The minimum atomic E-state index is -0.117. The van der Waals surface area contributed by atoms with Crippen LogP contribution in [0.4, 0.5) is 5.69 Å². The number of methoxy groups -OCH3 is 1. The zero-order valence-electron chi connectivity index (χ0n) is 16.8. The molecule has 0 saturated heterocycles. The van der Waals surface area contributed by atoms with Gasteiger partial charge in [-0.1, -0.05) is 64.6 Å². The highest BCUT2D eigenvalue weighted by Gasteiger charge is 2.26. The van der Waals surface area contributed by atoms with Crippen LogP contribution in [0.15, 0.2) is 24.3 Å². The fraction of sp³-hybridized carbons (Fsp3) is 0.667. The molecule has 1 aromatic rings. The predicted molar refractivity (Wildman–Crippen MR) is 119 cm³/mol. The number of ether oxygens (including phenoxy) is 1. The van der Waals surface area contributed by atoms with Gasteiger partial charge in [-0.05, 0) is 42.2 Å². The van der Waals surface area contributed by atoms with Crippen molar-refractivity contribution < 1.29 is 9.53 Å². The van der Waals surface area contributed by atoms with Crippen molar-refractivity contribution in [2.45, 2.75) is 64.7 Å². The summed E-state index contributed by atoms with van der Waals surface area (Å²) in [6.07, 6.45) is 7.55. The van der Waals surface area contributed by atoms with Crippen molar-refractivity contribution in [1.82, 2.24) is 0 Å². The van der Waals surface area contributed by atoms with Crippen LogP contribution in [-0.4, -0.2) is 35.6 Å². The lowest BCUT2D eigenvalue weighted by molar-refractivity contribution is -0.110. The molecule has 1 aromatic carbocycles. The van der Waals surface area contributed by atoms with Crippen molar-refractivity contribution in [3.05, 3.63) is 24.3 Å². The van der Waals surface area contributed by atoms with Crippen LogP contribution in [-0.2, 0) is 4.79 Å². The monoisotopic (exact) mass is 397 g/mol. The molecule has 0 heterocycles. The molecule has 3 nitrogen and oxygen atoms in total. The third kappa shape index (κ3) is 8.26. The van der Waals surface area contributed by atoms with Crippen molar-refractivity contribution in [2.75, 3.05) is 30.1 Å². The molecular formula is C21H35NO2S2. The minimum Gasteiger partial charge on any atom is -0.497 e. The number of hydrogen-bond donors (Lipinski definition) is 0. The highest BCUT2D eigenvalue weighted by Crippen LogP contribution is 2.29. The Morgan fingerprint density at radius 2 is 1.65 bits per heavy atom. The standard InChI is InChI=1S/C21H35NO2S2/c1-5-8-9-10-11-12-17-22(18-13-15-19(24-4)16-14-18)20(25-6-2)21(23)26-7-3/h13-16,20H,5-12,17H2,1-4H3. The van der Waals surface area contributed by atoms with E-state index in [-0.39, 0.29) is 10.5 Å². The van der Waals surface area contributed by atoms with E-state index < -0.39 is 0 Å². The first-order chi connectivity index (χ1) is 12.7. The van der Waals surface area contributed by atoms with E-state index in [1.54, 1.807) is 18.9 Å². The first kappa shape index (κ1) is 23.2. The van der Waals surface area contributed by atoms with Crippen LogP contribution in [0.3, 0.4) is 0 Å². The van der Waals surface area contributed by atoms with Gasteiger partial charge >= 0.3 is 0 Å². The van der Waals surface area contributed by atoms with Crippen molar-refractivity contribution >= 4 is 34.3 Å². The minimum absolute atomic E-state index is 0.117. The van der Waals surface area contributed by atoms with Gasteiger partial charge in [-0.3, -0.25) is 4.79 Å². The molecule has 0 bridgehead atoms. The number of benzene rings is 1. The third-order valence-electron chi connectivity index (χ3n) is 4.25. The molecule has 148 valence electrons. The highest BCUT2D eigenvalue weighted by molar-refractivity contribution is 8.16. The van der Waals surface area contributed by atoms with Gasteiger partial charge < -0.3 is 9.64 Å². The molecule has 0 aliphatic carbocycles. The van der Waals surface area contributed by atoms with E-state index in [9.17, 15) is 4.79 Å². The smallest absolute Gasteiger partial charge is 0.221 e. The summed E-state index contributed by atoms with van der Waals surface area (Å²) < 4.78 is 5.28. The molecule has 0 aliphatic rings. The third-order valence-corrected chi connectivity index (χ3v) is 6.32. The van der Waals surface area contributed by atoms with Gasteiger partial charge in [-0.25, -0.2) is 0 Å². The molecule has 1 rings (SSSR count). The van der Waals surface area contributed by atoms with E-state index >= 15 is 0 Å². The fourth-order valence-electron chi connectivity index (χ4n) is 2.87. The number of unbranched alkanes of at least 4 members (excludes halogenated alkanes) is 5. The van der Waals surface area contributed by atoms with Crippen LogP contribution in [0.25, 0.3) is 0 Å². The molecular weight excluding hydrogens is 362 g/mol. The molecule has 1 unspecified atom stereocenters. The maximum absolute atomic E-state index is 12.7. The van der Waals surface area contributed by atoms with Crippen LogP contribution in [0.2, 0.25) is 0 Å². The summed E-state index contributed by atoms with van der Waals surface area (Å²) in [6.45, 7) is 7.33. The number of thioether (sulfide) groups is 2. The summed E-state index contributed by atoms with van der Waals surface area (Å²) >= 11 is 3.17. The van der Waals surface area contributed by atoms with E-state index in [4.69, 9.17) is 4.74 Å². The van der Waals surface area contributed by atoms with E-state index in [0.717, 1.165) is 35.9 Å². The zero-order valence-corrected chi connectivity index (χ0v) is 18.5. The highest BCUT2D eigenvalue weighted by atomic mass is 32.2. The SMILES string of the molecule is CCCCCCCCN(c1ccc(OC)cc1)C(SCC)C(=O)SCC. The van der Waals surface area contributed by atoms with Crippen molar-refractivity contribution in [3.8, 4) is 5.75 Å². The van der Waals surface area contributed by atoms with Gasteiger partial charge in [0.05, 0.1) is 7.11 Å². The van der Waals surface area contributed by atoms with Gasteiger partial charge in [-0.2, -0.15) is 0 Å². The van der Waals surface area contributed by atoms with Gasteiger partial charge in [-0.15, -0.1) is 11.8 Å². The topological polar surface area (TPSA) is 29.5 Å². The van der Waals surface area contributed by atoms with Crippen LogP contribution in [0.5, 0.6) is 5.75 Å². The summed E-state index contributed by atoms with van der Waals surface area (Å²) in [7, 11) is 1.68. The Hall–Kier alpha value is -0.810. The van der Waals surface area contributed by atoms with Crippen LogP contribution >= 0.6 is 23.5 Å². The molecule has 0 aromatic heterocycles. The Bertz CT molecular complexity index is 493. The normalized spacial score (nSPS) is 12.0. The first-order valence-corrected chi connectivity index (χ1v) is 11.9. The van der Waals surface area contributed by atoms with Crippen molar-refractivity contribution in [3.63, 3.8) is 0 Å². The van der Waals surface area contributed by atoms with E-state index in [0.29, 0.717) is 0 Å². The second kappa shape index (κ2) is 14.3. The lowest BCUT2D eigenvalue weighted by Gasteiger charge is -2.32. The number of carbonyl (C=O) groups is 1. The summed E-state index contributed by atoms with van der Waals surface area (Å²) in [5.74, 6) is 2.61. The van der Waals surface area contributed by atoms with Gasteiger partial charge in [0.15, 0.2) is 0 Å². The summed E-state index contributed by atoms with van der Waals surface area (Å²) in [4.78, 5) is 15.0. The summed E-state index contributed by atoms with van der Waals surface area (Å²) in [5.41, 5.74) is 1.11. The Morgan fingerprint density at radius 1 is 1.00 bits per heavy atom. The molecule has 0 fully saturated rings.